The molecular formula is C16H24ClN3O. The Morgan fingerprint density at radius 1 is 1.19 bits per heavy atom. The molecule has 21 heavy (non-hydrogen) atoms. The Labute approximate surface area is 132 Å². The van der Waals surface area contributed by atoms with E-state index in [0.29, 0.717) is 17.5 Å². The molecule has 2 N–H and O–H groups in total. The quantitative estimate of drug-likeness (QED) is 0.902. The van der Waals surface area contributed by atoms with Crippen molar-refractivity contribution in [1.29, 1.82) is 0 Å². The molecule has 1 saturated carbocycles. The van der Waals surface area contributed by atoms with Crippen molar-refractivity contribution in [2.45, 2.75) is 50.5 Å². The third-order valence-corrected chi connectivity index (χ3v) is 4.45. The highest BCUT2D eigenvalue weighted by Gasteiger charge is 2.19. The first-order valence-electron chi connectivity index (χ1n) is 7.80. The third kappa shape index (κ3) is 4.17. The van der Waals surface area contributed by atoms with Crippen molar-refractivity contribution in [3.05, 3.63) is 29.6 Å². The van der Waals surface area contributed by atoms with Crippen LogP contribution in [-0.4, -0.2) is 30.0 Å². The second-order valence-corrected chi connectivity index (χ2v) is 5.97. The van der Waals surface area contributed by atoms with Crippen LogP contribution in [0.1, 0.15) is 60.5 Å². The van der Waals surface area contributed by atoms with Crippen molar-refractivity contribution >= 4 is 18.3 Å². The molecule has 1 aliphatic heterocycles. The number of piperidine rings is 1. The van der Waals surface area contributed by atoms with Gasteiger partial charge in [0.05, 0.1) is 5.56 Å². The van der Waals surface area contributed by atoms with Crippen LogP contribution in [0.4, 0.5) is 0 Å². The normalized spacial score (nSPS) is 22.6. The molecule has 2 heterocycles. The van der Waals surface area contributed by atoms with Crippen LogP contribution in [0.5, 0.6) is 0 Å². The Morgan fingerprint density at radius 3 is 2.62 bits per heavy atom. The number of rotatable bonds is 3. The number of nitrogens with one attached hydrogen (secondary N) is 2. The fourth-order valence-corrected chi connectivity index (χ4v) is 3.22. The Kier molecular flexibility index (Phi) is 6.00. The molecule has 0 radical (unpaired) electrons. The van der Waals surface area contributed by atoms with Crippen LogP contribution in [-0.2, 0) is 0 Å². The van der Waals surface area contributed by atoms with Crippen LogP contribution in [0.3, 0.4) is 0 Å². The first-order valence-corrected chi connectivity index (χ1v) is 7.80. The highest BCUT2D eigenvalue weighted by atomic mass is 35.5. The van der Waals surface area contributed by atoms with E-state index in [2.05, 4.69) is 15.6 Å². The van der Waals surface area contributed by atoms with Gasteiger partial charge in [-0.15, -0.1) is 12.4 Å². The van der Waals surface area contributed by atoms with Gasteiger partial charge in [0.25, 0.3) is 5.91 Å². The van der Waals surface area contributed by atoms with Crippen molar-refractivity contribution in [3.8, 4) is 0 Å². The average molecular weight is 310 g/mol. The van der Waals surface area contributed by atoms with Crippen LogP contribution in [0.2, 0.25) is 0 Å². The Morgan fingerprint density at radius 2 is 2.00 bits per heavy atom. The van der Waals surface area contributed by atoms with Gasteiger partial charge in [-0.05, 0) is 44.4 Å². The molecule has 1 aliphatic carbocycles. The second kappa shape index (κ2) is 7.76. The van der Waals surface area contributed by atoms with Crippen molar-refractivity contribution in [1.82, 2.24) is 15.6 Å². The van der Waals surface area contributed by atoms with E-state index in [1.54, 1.807) is 6.20 Å². The highest BCUT2D eigenvalue weighted by Crippen LogP contribution is 2.22. The van der Waals surface area contributed by atoms with Gasteiger partial charge in [0.15, 0.2) is 0 Å². The average Bonchev–Trinajstić information content (AvgIpc) is 3.01. The summed E-state index contributed by atoms with van der Waals surface area (Å²) >= 11 is 0. The summed E-state index contributed by atoms with van der Waals surface area (Å²) in [5, 5.41) is 6.50. The molecule has 2 fully saturated rings. The molecule has 0 bridgehead atoms. The maximum Gasteiger partial charge on any atom is 0.253 e. The molecule has 1 amide bonds. The first-order chi connectivity index (χ1) is 9.83. The molecule has 5 heteroatoms. The zero-order valence-corrected chi connectivity index (χ0v) is 13.1. The minimum atomic E-state index is 0. The van der Waals surface area contributed by atoms with Gasteiger partial charge in [0, 0.05) is 30.4 Å². The van der Waals surface area contributed by atoms with E-state index < -0.39 is 0 Å². The summed E-state index contributed by atoms with van der Waals surface area (Å²) in [5.41, 5.74) is 1.79. The lowest BCUT2D eigenvalue weighted by atomic mass is 9.95. The van der Waals surface area contributed by atoms with Gasteiger partial charge < -0.3 is 10.6 Å². The van der Waals surface area contributed by atoms with E-state index in [9.17, 15) is 4.79 Å². The number of hydrogen-bond donors (Lipinski definition) is 2. The van der Waals surface area contributed by atoms with Crippen LogP contribution < -0.4 is 10.6 Å². The number of pyridine rings is 1. The monoisotopic (exact) mass is 309 g/mol. The number of hydrogen-bond acceptors (Lipinski definition) is 3. The molecular weight excluding hydrogens is 286 g/mol. The van der Waals surface area contributed by atoms with Crippen LogP contribution in [0.15, 0.2) is 18.3 Å². The van der Waals surface area contributed by atoms with Crippen molar-refractivity contribution in [2.75, 3.05) is 13.1 Å². The fourth-order valence-electron chi connectivity index (χ4n) is 3.22. The molecule has 4 nitrogen and oxygen atoms in total. The summed E-state index contributed by atoms with van der Waals surface area (Å²) in [6.45, 7) is 2.11. The molecule has 1 aromatic heterocycles. The fraction of sp³-hybridized carbons (Fsp3) is 0.625. The molecule has 1 unspecified atom stereocenters. The topological polar surface area (TPSA) is 54.0 Å². The van der Waals surface area contributed by atoms with Crippen molar-refractivity contribution in [3.63, 3.8) is 0 Å². The molecule has 1 aromatic rings. The molecule has 2 aliphatic rings. The lowest BCUT2D eigenvalue weighted by molar-refractivity contribution is 0.0937. The summed E-state index contributed by atoms with van der Waals surface area (Å²) in [6.07, 6.45) is 8.82. The van der Waals surface area contributed by atoms with E-state index in [4.69, 9.17) is 0 Å². The molecule has 0 aromatic carbocycles. The smallest absolute Gasteiger partial charge is 0.253 e. The Bertz CT molecular complexity index is 451. The third-order valence-electron chi connectivity index (χ3n) is 4.45. The number of carbonyl (C=O) groups excluding carboxylic acids is 1. The van der Waals surface area contributed by atoms with Crippen LogP contribution >= 0.6 is 12.4 Å². The van der Waals surface area contributed by atoms with Gasteiger partial charge in [-0.25, -0.2) is 0 Å². The lowest BCUT2D eigenvalue weighted by Gasteiger charge is -2.22. The van der Waals surface area contributed by atoms with Crippen molar-refractivity contribution < 1.29 is 4.79 Å². The lowest BCUT2D eigenvalue weighted by Crippen LogP contribution is -2.32. The maximum atomic E-state index is 12.1. The molecule has 1 saturated heterocycles. The van der Waals surface area contributed by atoms with Crippen molar-refractivity contribution in [2.24, 2.45) is 0 Å². The minimum Gasteiger partial charge on any atom is -0.349 e. The summed E-state index contributed by atoms with van der Waals surface area (Å²) in [4.78, 5) is 16.6. The summed E-state index contributed by atoms with van der Waals surface area (Å²) in [7, 11) is 0. The minimum absolute atomic E-state index is 0. The summed E-state index contributed by atoms with van der Waals surface area (Å²) in [6, 6.07) is 4.30. The van der Waals surface area contributed by atoms with Gasteiger partial charge in [-0.1, -0.05) is 12.8 Å². The van der Waals surface area contributed by atoms with Crippen LogP contribution in [0, 0.1) is 0 Å². The predicted octanol–water partition coefficient (Wildman–Crippen LogP) is 2.64. The van der Waals surface area contributed by atoms with E-state index in [1.807, 2.05) is 12.1 Å². The maximum absolute atomic E-state index is 12.1. The second-order valence-electron chi connectivity index (χ2n) is 5.97. The zero-order valence-electron chi connectivity index (χ0n) is 12.3. The van der Waals surface area contributed by atoms with Crippen LogP contribution in [0.25, 0.3) is 0 Å². The number of amides is 1. The Hall–Kier alpha value is -1.13. The van der Waals surface area contributed by atoms with Gasteiger partial charge >= 0.3 is 0 Å². The predicted molar refractivity (Wildman–Crippen MR) is 86.1 cm³/mol. The van der Waals surface area contributed by atoms with E-state index in [1.165, 1.54) is 25.7 Å². The largest absolute Gasteiger partial charge is 0.349 e. The zero-order chi connectivity index (χ0) is 13.8. The first kappa shape index (κ1) is 16.2. The van der Waals surface area contributed by atoms with E-state index in [-0.39, 0.29) is 18.3 Å². The van der Waals surface area contributed by atoms with E-state index in [0.717, 1.165) is 31.6 Å². The summed E-state index contributed by atoms with van der Waals surface area (Å²) < 4.78 is 0. The van der Waals surface area contributed by atoms with Gasteiger partial charge in [-0.3, -0.25) is 9.78 Å². The number of carbonyl (C=O) groups is 1. The SMILES string of the molecule is Cl.O=C(NC1CCCC1)c1ccc(C2CCCNC2)nc1. The summed E-state index contributed by atoms with van der Waals surface area (Å²) in [5.74, 6) is 0.522. The number of halogens is 1. The molecule has 0 spiro atoms. The highest BCUT2D eigenvalue weighted by molar-refractivity contribution is 5.94. The Balaban J connectivity index is 0.00000161. The molecule has 116 valence electrons. The standard InChI is InChI=1S/C16H23N3O.ClH/c20-16(19-14-5-1-2-6-14)13-7-8-15(18-11-13)12-4-3-9-17-10-12;/h7-8,11-12,14,17H,1-6,9-10H2,(H,19,20);1H. The molecule has 3 rings (SSSR count). The van der Waals surface area contributed by atoms with Gasteiger partial charge in [-0.2, -0.15) is 0 Å². The molecule has 1 atom stereocenters. The van der Waals surface area contributed by atoms with Gasteiger partial charge in [0.2, 0.25) is 0 Å². The number of aromatic nitrogens is 1. The van der Waals surface area contributed by atoms with E-state index >= 15 is 0 Å². The number of nitrogens with zero attached hydrogens (tertiary/aromatic N) is 1. The van der Waals surface area contributed by atoms with Gasteiger partial charge in [0.1, 0.15) is 0 Å².